The van der Waals surface area contributed by atoms with Gasteiger partial charge in [0.1, 0.15) is 11.5 Å². The molecule has 24 heavy (non-hydrogen) atoms. The number of rotatable bonds is 2. The van der Waals surface area contributed by atoms with Crippen molar-refractivity contribution in [3.8, 4) is 11.3 Å². The molecule has 4 rings (SSSR count). The molecule has 0 bridgehead atoms. The van der Waals surface area contributed by atoms with Gasteiger partial charge in [0.25, 0.3) is 0 Å². The Kier molecular flexibility index (Phi) is 4.01. The Hall–Kier alpha value is -1.94. The lowest BCUT2D eigenvalue weighted by Crippen LogP contribution is -1.93. The number of Topliss-reactive ketones (excluding diaryl/α,β-unsaturated/α-hetero) is 1. The molecule has 0 saturated carbocycles. The number of carbonyl (C=O) groups excluding carboxylic acids is 1. The van der Waals surface area contributed by atoms with Gasteiger partial charge in [-0.25, -0.2) is 0 Å². The summed E-state index contributed by atoms with van der Waals surface area (Å²) in [5.74, 6) is 1.24. The second-order valence-electron chi connectivity index (χ2n) is 5.24. The number of furan rings is 1. The van der Waals surface area contributed by atoms with Crippen LogP contribution in [-0.2, 0) is 0 Å². The van der Waals surface area contributed by atoms with Crippen LogP contribution in [-0.4, -0.2) is 5.78 Å². The molecule has 0 aliphatic carbocycles. The largest absolute Gasteiger partial charge is 0.457 e. The molecule has 0 saturated heterocycles. The van der Waals surface area contributed by atoms with E-state index in [0.717, 1.165) is 16.0 Å². The Bertz CT molecular complexity index is 989. The normalized spacial score (nSPS) is 15.1. The van der Waals surface area contributed by atoms with Gasteiger partial charge in [-0.05, 0) is 42.5 Å². The molecule has 3 aromatic rings. The molecule has 0 unspecified atom stereocenters. The number of allylic oxidation sites excluding steroid dienone is 1. The fraction of sp³-hybridized carbons (Fsp3) is 0. The van der Waals surface area contributed by atoms with Crippen LogP contribution in [0.25, 0.3) is 17.4 Å². The van der Waals surface area contributed by atoms with Crippen LogP contribution in [0.4, 0.5) is 0 Å². The van der Waals surface area contributed by atoms with E-state index in [1.54, 1.807) is 12.1 Å². The van der Waals surface area contributed by atoms with Crippen LogP contribution in [0.5, 0.6) is 0 Å². The predicted molar refractivity (Wildman–Crippen MR) is 98.8 cm³/mol. The molecule has 1 aromatic heterocycles. The van der Waals surface area contributed by atoms with E-state index < -0.39 is 0 Å². The van der Waals surface area contributed by atoms with Crippen molar-refractivity contribution in [1.29, 1.82) is 0 Å². The Morgan fingerprint density at radius 2 is 1.71 bits per heavy atom. The van der Waals surface area contributed by atoms with Gasteiger partial charge in [0.05, 0.1) is 15.0 Å². The van der Waals surface area contributed by atoms with Gasteiger partial charge in [-0.15, -0.1) is 0 Å². The van der Waals surface area contributed by atoms with Crippen molar-refractivity contribution < 1.29 is 9.21 Å². The summed E-state index contributed by atoms with van der Waals surface area (Å²) >= 11 is 13.7. The average molecular weight is 373 g/mol. The van der Waals surface area contributed by atoms with Crippen LogP contribution in [0.15, 0.2) is 68.8 Å². The molecule has 2 heterocycles. The van der Waals surface area contributed by atoms with Crippen molar-refractivity contribution >= 4 is 46.8 Å². The van der Waals surface area contributed by atoms with E-state index in [-0.39, 0.29) is 5.78 Å². The van der Waals surface area contributed by atoms with Gasteiger partial charge in [-0.1, -0.05) is 53.2 Å². The van der Waals surface area contributed by atoms with E-state index in [4.69, 9.17) is 27.6 Å². The van der Waals surface area contributed by atoms with Crippen molar-refractivity contribution in [2.45, 2.75) is 4.90 Å². The summed E-state index contributed by atoms with van der Waals surface area (Å²) in [6, 6.07) is 16.6. The fourth-order valence-corrected chi connectivity index (χ4v) is 3.96. The maximum atomic E-state index is 12.4. The molecule has 0 N–H and O–H groups in total. The highest BCUT2D eigenvalue weighted by atomic mass is 35.5. The first-order valence-corrected chi connectivity index (χ1v) is 8.78. The molecule has 1 aliphatic heterocycles. The molecule has 5 heteroatoms. The number of benzene rings is 2. The van der Waals surface area contributed by atoms with E-state index in [1.165, 1.54) is 11.8 Å². The highest BCUT2D eigenvalue weighted by Crippen LogP contribution is 2.41. The van der Waals surface area contributed by atoms with Crippen molar-refractivity contribution in [2.24, 2.45) is 0 Å². The maximum Gasteiger partial charge on any atom is 0.200 e. The SMILES string of the molecule is O=C1C(=Cc2ccc(-c3cccc(Cl)c3Cl)o2)Sc2ccccc21. The minimum Gasteiger partial charge on any atom is -0.457 e. The zero-order chi connectivity index (χ0) is 16.7. The molecule has 2 nitrogen and oxygen atoms in total. The van der Waals surface area contributed by atoms with E-state index in [2.05, 4.69) is 0 Å². The zero-order valence-electron chi connectivity index (χ0n) is 12.3. The topological polar surface area (TPSA) is 30.2 Å². The van der Waals surface area contributed by atoms with Crippen molar-refractivity contribution in [3.63, 3.8) is 0 Å². The van der Waals surface area contributed by atoms with Crippen LogP contribution >= 0.6 is 35.0 Å². The minimum atomic E-state index is 0.0225. The number of carbonyl (C=O) groups is 1. The lowest BCUT2D eigenvalue weighted by molar-refractivity contribution is 0.104. The van der Waals surface area contributed by atoms with Crippen molar-refractivity contribution in [1.82, 2.24) is 0 Å². The van der Waals surface area contributed by atoms with Gasteiger partial charge in [0.2, 0.25) is 5.78 Å². The monoisotopic (exact) mass is 372 g/mol. The molecule has 0 atom stereocenters. The van der Waals surface area contributed by atoms with Gasteiger partial charge in [0, 0.05) is 16.0 Å². The Labute approximate surface area is 153 Å². The summed E-state index contributed by atoms with van der Waals surface area (Å²) in [7, 11) is 0. The number of fused-ring (bicyclic) bond motifs is 1. The Morgan fingerprint density at radius 3 is 2.54 bits per heavy atom. The van der Waals surface area contributed by atoms with E-state index in [0.29, 0.717) is 26.5 Å². The molecule has 2 aromatic carbocycles. The second kappa shape index (κ2) is 6.17. The number of hydrogen-bond acceptors (Lipinski definition) is 3. The first-order chi connectivity index (χ1) is 11.6. The molecular formula is C19H10Cl2O2S. The number of hydrogen-bond donors (Lipinski definition) is 0. The number of halogens is 2. The summed E-state index contributed by atoms with van der Waals surface area (Å²) in [6.07, 6.45) is 1.76. The molecular weight excluding hydrogens is 363 g/mol. The third-order valence-corrected chi connectivity index (χ3v) is 5.61. The van der Waals surface area contributed by atoms with Gasteiger partial charge in [-0.3, -0.25) is 4.79 Å². The summed E-state index contributed by atoms with van der Waals surface area (Å²) in [4.78, 5) is 14.0. The number of thioether (sulfide) groups is 1. The van der Waals surface area contributed by atoms with Crippen molar-refractivity contribution in [2.75, 3.05) is 0 Å². The number of ketones is 1. The maximum absolute atomic E-state index is 12.4. The summed E-state index contributed by atoms with van der Waals surface area (Å²) in [5, 5.41) is 0.925. The average Bonchev–Trinajstić information content (AvgIpc) is 3.16. The molecule has 118 valence electrons. The summed E-state index contributed by atoms with van der Waals surface area (Å²) < 4.78 is 5.83. The molecule has 0 fully saturated rings. The smallest absolute Gasteiger partial charge is 0.200 e. The third kappa shape index (κ3) is 2.69. The molecule has 0 spiro atoms. The molecule has 0 radical (unpaired) electrons. The zero-order valence-corrected chi connectivity index (χ0v) is 14.6. The van der Waals surface area contributed by atoms with Crippen LogP contribution in [0.3, 0.4) is 0 Å². The van der Waals surface area contributed by atoms with E-state index in [1.807, 2.05) is 48.5 Å². The summed E-state index contributed by atoms with van der Waals surface area (Å²) in [5.41, 5.74) is 1.46. The van der Waals surface area contributed by atoms with Crippen LogP contribution < -0.4 is 0 Å². The van der Waals surface area contributed by atoms with E-state index in [9.17, 15) is 4.79 Å². The standard InChI is InChI=1S/C19H10Cl2O2S/c20-14-6-3-5-12(18(14)21)15-9-8-11(23-15)10-17-19(22)13-4-1-2-7-16(13)24-17/h1-10H. The summed E-state index contributed by atoms with van der Waals surface area (Å²) in [6.45, 7) is 0. The minimum absolute atomic E-state index is 0.0225. The van der Waals surface area contributed by atoms with Gasteiger partial charge in [-0.2, -0.15) is 0 Å². The predicted octanol–water partition coefficient (Wildman–Crippen LogP) is 6.58. The van der Waals surface area contributed by atoms with Crippen LogP contribution in [0.1, 0.15) is 16.1 Å². The second-order valence-corrected chi connectivity index (χ2v) is 7.11. The quantitative estimate of drug-likeness (QED) is 0.475. The fourth-order valence-electron chi connectivity index (χ4n) is 2.53. The Morgan fingerprint density at radius 1 is 0.917 bits per heavy atom. The van der Waals surface area contributed by atoms with E-state index >= 15 is 0 Å². The van der Waals surface area contributed by atoms with Gasteiger partial charge >= 0.3 is 0 Å². The van der Waals surface area contributed by atoms with Crippen LogP contribution in [0, 0.1) is 0 Å². The third-order valence-electron chi connectivity index (χ3n) is 3.69. The van der Waals surface area contributed by atoms with Gasteiger partial charge in [0.15, 0.2) is 0 Å². The first kappa shape index (κ1) is 15.6. The molecule has 0 amide bonds. The van der Waals surface area contributed by atoms with Gasteiger partial charge < -0.3 is 4.42 Å². The highest BCUT2D eigenvalue weighted by Gasteiger charge is 2.25. The van der Waals surface area contributed by atoms with Crippen LogP contribution in [0.2, 0.25) is 10.0 Å². The Balaban J connectivity index is 1.67. The first-order valence-electron chi connectivity index (χ1n) is 7.21. The highest BCUT2D eigenvalue weighted by molar-refractivity contribution is 8.04. The lowest BCUT2D eigenvalue weighted by Gasteiger charge is -2.02. The lowest BCUT2D eigenvalue weighted by atomic mass is 10.1. The molecule has 1 aliphatic rings. The van der Waals surface area contributed by atoms with Crippen molar-refractivity contribution in [3.05, 3.63) is 80.9 Å².